The average molecular weight is 277 g/mol. The van der Waals surface area contributed by atoms with Gasteiger partial charge in [0.15, 0.2) is 5.78 Å². The first-order valence-electron chi connectivity index (χ1n) is 5.35. The molecular weight excluding hydrogens is 268 g/mol. The number of rotatable bonds is 3. The summed E-state index contributed by atoms with van der Waals surface area (Å²) in [5.74, 6) is -2.03. The van der Waals surface area contributed by atoms with Crippen LogP contribution in [0.2, 0.25) is 5.02 Å². The number of phenols is 1. The summed E-state index contributed by atoms with van der Waals surface area (Å²) in [7, 11) is 0. The Bertz CT molecular complexity index is 664. The number of hydrogen-bond donors (Lipinski definition) is 2. The maximum Gasteiger partial charge on any atom is 0.339 e. The van der Waals surface area contributed by atoms with Crippen molar-refractivity contribution >= 4 is 23.4 Å². The maximum absolute atomic E-state index is 12.1. The molecule has 0 unspecified atom stereocenters. The molecule has 0 saturated carbocycles. The maximum atomic E-state index is 12.1. The van der Waals surface area contributed by atoms with Gasteiger partial charge in [0.25, 0.3) is 0 Å². The van der Waals surface area contributed by atoms with E-state index in [1.54, 1.807) is 18.2 Å². The SMILES string of the molecule is O=C(c1cccc(Cl)c1)c1ccc(C(=O)O)c(O)c1. The molecular formula is C14H9ClO4. The van der Waals surface area contributed by atoms with Crippen LogP contribution in [0.5, 0.6) is 5.75 Å². The molecule has 0 aliphatic heterocycles. The van der Waals surface area contributed by atoms with E-state index in [9.17, 15) is 14.7 Å². The third-order valence-corrected chi connectivity index (χ3v) is 2.81. The Hall–Kier alpha value is -2.33. The van der Waals surface area contributed by atoms with Crippen molar-refractivity contribution in [3.05, 3.63) is 64.2 Å². The van der Waals surface area contributed by atoms with Crippen molar-refractivity contribution in [3.8, 4) is 5.75 Å². The van der Waals surface area contributed by atoms with Gasteiger partial charge in [0.05, 0.1) is 0 Å². The molecule has 0 radical (unpaired) electrons. The van der Waals surface area contributed by atoms with Crippen molar-refractivity contribution in [2.75, 3.05) is 0 Å². The Balaban J connectivity index is 2.40. The van der Waals surface area contributed by atoms with E-state index in [1.165, 1.54) is 18.2 Å². The van der Waals surface area contributed by atoms with Crippen LogP contribution in [0.1, 0.15) is 26.3 Å². The first-order valence-corrected chi connectivity index (χ1v) is 5.73. The number of aromatic carboxylic acids is 1. The first kappa shape index (κ1) is 13.1. The summed E-state index contributed by atoms with van der Waals surface area (Å²) < 4.78 is 0. The van der Waals surface area contributed by atoms with Crippen LogP contribution in [0.3, 0.4) is 0 Å². The summed E-state index contributed by atoms with van der Waals surface area (Å²) in [4.78, 5) is 22.9. The molecule has 0 heterocycles. The van der Waals surface area contributed by atoms with Crippen LogP contribution < -0.4 is 0 Å². The van der Waals surface area contributed by atoms with E-state index in [0.717, 1.165) is 6.07 Å². The van der Waals surface area contributed by atoms with Gasteiger partial charge in [-0.2, -0.15) is 0 Å². The van der Waals surface area contributed by atoms with Gasteiger partial charge < -0.3 is 10.2 Å². The van der Waals surface area contributed by atoms with Gasteiger partial charge in [-0.25, -0.2) is 4.79 Å². The quantitative estimate of drug-likeness (QED) is 0.845. The van der Waals surface area contributed by atoms with Gasteiger partial charge in [0, 0.05) is 16.1 Å². The molecule has 4 nitrogen and oxygen atoms in total. The third-order valence-electron chi connectivity index (χ3n) is 2.58. The van der Waals surface area contributed by atoms with E-state index in [4.69, 9.17) is 16.7 Å². The van der Waals surface area contributed by atoms with Crippen LogP contribution in [0.4, 0.5) is 0 Å². The minimum atomic E-state index is -1.25. The van der Waals surface area contributed by atoms with Gasteiger partial charge in [-0.3, -0.25) is 4.79 Å². The lowest BCUT2D eigenvalue weighted by molar-refractivity contribution is 0.0693. The van der Waals surface area contributed by atoms with Crippen LogP contribution in [0.15, 0.2) is 42.5 Å². The van der Waals surface area contributed by atoms with E-state index in [-0.39, 0.29) is 16.9 Å². The van der Waals surface area contributed by atoms with Gasteiger partial charge in [-0.15, -0.1) is 0 Å². The van der Waals surface area contributed by atoms with Gasteiger partial charge in [-0.05, 0) is 30.3 Å². The fourth-order valence-electron chi connectivity index (χ4n) is 1.65. The predicted octanol–water partition coefficient (Wildman–Crippen LogP) is 2.97. The van der Waals surface area contributed by atoms with E-state index in [0.29, 0.717) is 10.6 Å². The molecule has 0 amide bonds. The fraction of sp³-hybridized carbons (Fsp3) is 0. The number of carbonyl (C=O) groups is 2. The van der Waals surface area contributed by atoms with Crippen LogP contribution in [-0.2, 0) is 0 Å². The fourth-order valence-corrected chi connectivity index (χ4v) is 1.84. The smallest absolute Gasteiger partial charge is 0.339 e. The van der Waals surface area contributed by atoms with E-state index >= 15 is 0 Å². The number of aromatic hydroxyl groups is 1. The molecule has 5 heteroatoms. The molecule has 0 bridgehead atoms. The summed E-state index contributed by atoms with van der Waals surface area (Å²) in [5.41, 5.74) is 0.322. The Morgan fingerprint density at radius 1 is 1.00 bits per heavy atom. The van der Waals surface area contributed by atoms with Crippen LogP contribution in [0.25, 0.3) is 0 Å². The van der Waals surface area contributed by atoms with E-state index in [1.807, 2.05) is 0 Å². The zero-order valence-corrected chi connectivity index (χ0v) is 10.4. The van der Waals surface area contributed by atoms with Gasteiger partial charge in [0.1, 0.15) is 11.3 Å². The number of carboxylic acids is 1. The van der Waals surface area contributed by atoms with Crippen molar-refractivity contribution in [3.63, 3.8) is 0 Å². The molecule has 0 fully saturated rings. The second kappa shape index (κ2) is 5.12. The molecule has 0 atom stereocenters. The van der Waals surface area contributed by atoms with Crippen molar-refractivity contribution in [2.24, 2.45) is 0 Å². The molecule has 2 N–H and O–H groups in total. The predicted molar refractivity (Wildman–Crippen MR) is 70.0 cm³/mol. The number of carbonyl (C=O) groups excluding carboxylic acids is 1. The molecule has 2 aromatic rings. The second-order valence-corrected chi connectivity index (χ2v) is 4.31. The molecule has 2 aromatic carbocycles. The van der Waals surface area contributed by atoms with Gasteiger partial charge in [0.2, 0.25) is 0 Å². The summed E-state index contributed by atoms with van der Waals surface area (Å²) in [5, 5.41) is 18.8. The number of hydrogen-bond acceptors (Lipinski definition) is 3. The molecule has 0 spiro atoms. The van der Waals surface area contributed by atoms with Crippen molar-refractivity contribution in [1.82, 2.24) is 0 Å². The lowest BCUT2D eigenvalue weighted by atomic mass is 10.0. The Morgan fingerprint density at radius 3 is 2.26 bits per heavy atom. The summed E-state index contributed by atoms with van der Waals surface area (Å²) in [6.07, 6.45) is 0. The van der Waals surface area contributed by atoms with Crippen LogP contribution in [-0.4, -0.2) is 22.0 Å². The Morgan fingerprint density at radius 2 is 1.68 bits per heavy atom. The number of halogens is 1. The van der Waals surface area contributed by atoms with E-state index in [2.05, 4.69) is 0 Å². The lowest BCUT2D eigenvalue weighted by Crippen LogP contribution is -2.03. The van der Waals surface area contributed by atoms with Gasteiger partial charge >= 0.3 is 5.97 Å². The minimum absolute atomic E-state index is 0.199. The summed E-state index contributed by atoms with van der Waals surface area (Å²) in [6.45, 7) is 0. The second-order valence-electron chi connectivity index (χ2n) is 3.88. The third kappa shape index (κ3) is 2.74. The zero-order chi connectivity index (χ0) is 14.0. The largest absolute Gasteiger partial charge is 0.507 e. The van der Waals surface area contributed by atoms with Gasteiger partial charge in [-0.1, -0.05) is 23.7 Å². The summed E-state index contributed by atoms with van der Waals surface area (Å²) >= 11 is 5.80. The first-order chi connectivity index (χ1) is 8.99. The minimum Gasteiger partial charge on any atom is -0.507 e. The summed E-state index contributed by atoms with van der Waals surface area (Å²) in [6, 6.07) is 10.1. The molecule has 0 saturated heterocycles. The topological polar surface area (TPSA) is 74.6 Å². The Kier molecular flexibility index (Phi) is 3.53. The molecule has 96 valence electrons. The standard InChI is InChI=1S/C14H9ClO4/c15-10-3-1-2-8(6-10)13(17)9-4-5-11(14(18)19)12(16)7-9/h1-7,16H,(H,18,19). The highest BCUT2D eigenvalue weighted by atomic mass is 35.5. The normalized spacial score (nSPS) is 10.2. The van der Waals surface area contributed by atoms with Crippen molar-refractivity contribution in [2.45, 2.75) is 0 Å². The van der Waals surface area contributed by atoms with E-state index < -0.39 is 11.7 Å². The molecule has 0 aliphatic rings. The highest BCUT2D eigenvalue weighted by Gasteiger charge is 2.14. The number of carboxylic acid groups (broad SMARTS) is 1. The van der Waals surface area contributed by atoms with Crippen LogP contribution >= 0.6 is 11.6 Å². The lowest BCUT2D eigenvalue weighted by Gasteiger charge is -2.04. The number of ketones is 1. The molecule has 0 aliphatic carbocycles. The Labute approximate surface area is 113 Å². The average Bonchev–Trinajstić information content (AvgIpc) is 2.37. The zero-order valence-electron chi connectivity index (χ0n) is 9.63. The van der Waals surface area contributed by atoms with Crippen molar-refractivity contribution < 1.29 is 19.8 Å². The monoisotopic (exact) mass is 276 g/mol. The number of benzene rings is 2. The molecule has 19 heavy (non-hydrogen) atoms. The van der Waals surface area contributed by atoms with Crippen molar-refractivity contribution in [1.29, 1.82) is 0 Å². The highest BCUT2D eigenvalue weighted by Crippen LogP contribution is 2.21. The highest BCUT2D eigenvalue weighted by molar-refractivity contribution is 6.31. The van der Waals surface area contributed by atoms with Crippen LogP contribution in [0, 0.1) is 0 Å². The molecule has 2 rings (SSSR count). The molecule has 0 aromatic heterocycles.